The van der Waals surface area contributed by atoms with E-state index < -0.39 is 11.6 Å². The molecule has 2 amide bonds. The van der Waals surface area contributed by atoms with Crippen LogP contribution in [0.15, 0.2) is 24.3 Å². The van der Waals surface area contributed by atoms with Crippen molar-refractivity contribution in [3.8, 4) is 11.8 Å². The lowest BCUT2D eigenvalue weighted by molar-refractivity contribution is -0.128. The van der Waals surface area contributed by atoms with Crippen molar-refractivity contribution in [2.45, 2.75) is 57.5 Å². The molecule has 1 saturated carbocycles. The van der Waals surface area contributed by atoms with Crippen LogP contribution in [0.2, 0.25) is 0 Å². The molecule has 1 aliphatic carbocycles. The Morgan fingerprint density at radius 2 is 1.89 bits per heavy atom. The predicted molar refractivity (Wildman–Crippen MR) is 108 cm³/mol. The highest BCUT2D eigenvalue weighted by Gasteiger charge is 2.35. The van der Waals surface area contributed by atoms with Crippen LogP contribution in [0.25, 0.3) is 0 Å². The van der Waals surface area contributed by atoms with Gasteiger partial charge in [-0.25, -0.2) is 0 Å². The molecule has 0 saturated heterocycles. The topological polar surface area (TPSA) is 94.5 Å². The largest absolute Gasteiger partial charge is 0.497 e. The normalized spacial score (nSPS) is 16.7. The van der Waals surface area contributed by atoms with Crippen LogP contribution in [0.3, 0.4) is 0 Å². The molecule has 152 valence electrons. The second-order valence-electron chi connectivity index (χ2n) is 7.26. The maximum atomic E-state index is 12.7. The van der Waals surface area contributed by atoms with Gasteiger partial charge in [0.2, 0.25) is 11.8 Å². The van der Waals surface area contributed by atoms with E-state index in [9.17, 15) is 14.9 Å². The lowest BCUT2D eigenvalue weighted by Gasteiger charge is -2.34. The van der Waals surface area contributed by atoms with Gasteiger partial charge in [0.1, 0.15) is 11.3 Å². The number of rotatable bonds is 8. The van der Waals surface area contributed by atoms with Crippen LogP contribution < -0.4 is 15.4 Å². The Bertz CT molecular complexity index is 705. The van der Waals surface area contributed by atoms with Crippen molar-refractivity contribution >= 4 is 17.5 Å². The molecule has 0 radical (unpaired) electrons. The molecule has 1 aliphatic rings. The molecular formula is C21H30N4O3. The van der Waals surface area contributed by atoms with E-state index in [4.69, 9.17) is 4.74 Å². The molecule has 0 spiro atoms. The molecule has 1 fully saturated rings. The van der Waals surface area contributed by atoms with Crippen LogP contribution in [0.4, 0.5) is 5.69 Å². The third-order valence-corrected chi connectivity index (χ3v) is 5.34. The van der Waals surface area contributed by atoms with Gasteiger partial charge >= 0.3 is 0 Å². The first-order valence-electron chi connectivity index (χ1n) is 9.84. The molecule has 0 aliphatic heterocycles. The van der Waals surface area contributed by atoms with E-state index in [2.05, 4.69) is 16.7 Å². The van der Waals surface area contributed by atoms with Gasteiger partial charge < -0.3 is 15.4 Å². The highest BCUT2D eigenvalue weighted by Crippen LogP contribution is 2.27. The third kappa shape index (κ3) is 5.70. The molecule has 28 heavy (non-hydrogen) atoms. The maximum Gasteiger partial charge on any atom is 0.238 e. The number of nitriles is 1. The molecular weight excluding hydrogens is 356 g/mol. The van der Waals surface area contributed by atoms with Gasteiger partial charge in [0.15, 0.2) is 0 Å². The summed E-state index contributed by atoms with van der Waals surface area (Å²) in [5.74, 6) is 0.314. The molecule has 7 nitrogen and oxygen atoms in total. The summed E-state index contributed by atoms with van der Waals surface area (Å²) in [6, 6.07) is 8.88. The summed E-state index contributed by atoms with van der Waals surface area (Å²) in [6.07, 6.45) is 4.37. The van der Waals surface area contributed by atoms with Gasteiger partial charge in [0.25, 0.3) is 0 Å². The van der Waals surface area contributed by atoms with Crippen LogP contribution in [-0.2, 0) is 9.59 Å². The lowest BCUT2D eigenvalue weighted by atomic mass is 9.82. The van der Waals surface area contributed by atoms with Gasteiger partial charge in [0.05, 0.1) is 25.8 Å². The van der Waals surface area contributed by atoms with Crippen molar-refractivity contribution in [2.24, 2.45) is 0 Å². The summed E-state index contributed by atoms with van der Waals surface area (Å²) in [5.41, 5.74) is -0.0986. The van der Waals surface area contributed by atoms with E-state index in [1.54, 1.807) is 43.2 Å². The zero-order valence-electron chi connectivity index (χ0n) is 17.0. The number of hydrogen-bond donors (Lipinski definition) is 2. The molecule has 0 aromatic heterocycles. The number of methoxy groups -OCH3 is 1. The standard InChI is InChI=1S/C21H30N4O3/c1-4-25(14-19(26)23-17-8-10-18(28-3)11-9-17)16(2)20(27)24-21(15-22)12-6-5-7-13-21/h8-11,16H,4-7,12-14H2,1-3H3,(H,23,26)(H,24,27)/t16-/m0/s1. The first kappa shape index (κ1) is 21.7. The highest BCUT2D eigenvalue weighted by molar-refractivity contribution is 5.93. The van der Waals surface area contributed by atoms with Gasteiger partial charge in [-0.2, -0.15) is 5.26 Å². The van der Waals surface area contributed by atoms with Crippen LogP contribution in [-0.4, -0.2) is 48.5 Å². The fourth-order valence-electron chi connectivity index (χ4n) is 3.51. The first-order chi connectivity index (χ1) is 13.4. The van der Waals surface area contributed by atoms with Crippen LogP contribution in [0, 0.1) is 11.3 Å². The third-order valence-electron chi connectivity index (χ3n) is 5.34. The Hall–Kier alpha value is -2.59. The molecule has 1 aromatic carbocycles. The number of nitrogens with zero attached hydrogens (tertiary/aromatic N) is 2. The number of benzene rings is 1. The number of anilines is 1. The molecule has 0 unspecified atom stereocenters. The summed E-state index contributed by atoms with van der Waals surface area (Å²) in [7, 11) is 1.59. The van der Waals surface area contributed by atoms with Crippen LogP contribution in [0.5, 0.6) is 5.75 Å². The minimum atomic E-state index is -0.769. The summed E-state index contributed by atoms with van der Waals surface area (Å²) in [4.78, 5) is 26.9. The number of likely N-dealkylation sites (N-methyl/N-ethyl adjacent to an activating group) is 1. The van der Waals surface area contributed by atoms with Crippen LogP contribution >= 0.6 is 0 Å². The average molecular weight is 386 g/mol. The average Bonchev–Trinajstić information content (AvgIpc) is 2.72. The van der Waals surface area contributed by atoms with Gasteiger partial charge in [0, 0.05) is 5.69 Å². The van der Waals surface area contributed by atoms with Crippen molar-refractivity contribution < 1.29 is 14.3 Å². The smallest absolute Gasteiger partial charge is 0.238 e. The molecule has 2 rings (SSSR count). The molecule has 1 atom stereocenters. The molecule has 2 N–H and O–H groups in total. The molecule has 0 heterocycles. The van der Waals surface area contributed by atoms with E-state index in [0.29, 0.717) is 30.8 Å². The maximum absolute atomic E-state index is 12.7. The summed E-state index contributed by atoms with van der Waals surface area (Å²) in [5, 5.41) is 15.3. The van der Waals surface area contributed by atoms with Crippen molar-refractivity contribution in [1.82, 2.24) is 10.2 Å². The number of amides is 2. The minimum absolute atomic E-state index is 0.0939. The van der Waals surface area contributed by atoms with E-state index in [0.717, 1.165) is 19.3 Å². The SMILES string of the molecule is CCN(CC(=O)Nc1ccc(OC)cc1)[C@@H](C)C(=O)NC1(C#N)CCCCC1. The van der Waals surface area contributed by atoms with Crippen LogP contribution in [0.1, 0.15) is 46.0 Å². The second kappa shape index (κ2) is 10.1. The first-order valence-corrected chi connectivity index (χ1v) is 9.84. The van der Waals surface area contributed by atoms with Crippen molar-refractivity contribution in [1.29, 1.82) is 5.26 Å². The number of nitrogens with one attached hydrogen (secondary N) is 2. The van der Waals surface area contributed by atoms with Crippen molar-refractivity contribution in [3.05, 3.63) is 24.3 Å². The summed E-state index contributed by atoms with van der Waals surface area (Å²) < 4.78 is 5.11. The number of hydrogen-bond acceptors (Lipinski definition) is 5. The van der Waals surface area contributed by atoms with Crippen molar-refractivity contribution in [2.75, 3.05) is 25.5 Å². The minimum Gasteiger partial charge on any atom is -0.497 e. The monoisotopic (exact) mass is 386 g/mol. The molecule has 7 heteroatoms. The Morgan fingerprint density at radius 3 is 2.43 bits per heavy atom. The molecule has 0 bridgehead atoms. The zero-order chi connectivity index (χ0) is 20.6. The fourth-order valence-corrected chi connectivity index (χ4v) is 3.51. The Morgan fingerprint density at radius 1 is 1.25 bits per heavy atom. The van der Waals surface area contributed by atoms with E-state index in [1.165, 1.54) is 0 Å². The zero-order valence-corrected chi connectivity index (χ0v) is 17.0. The van der Waals surface area contributed by atoms with Crippen molar-refractivity contribution in [3.63, 3.8) is 0 Å². The van der Waals surface area contributed by atoms with Gasteiger partial charge in [-0.3, -0.25) is 14.5 Å². The molecule has 1 aromatic rings. The number of carbonyl (C=O) groups is 2. The lowest BCUT2D eigenvalue weighted by Crippen LogP contribution is -2.55. The Kier molecular flexibility index (Phi) is 7.82. The summed E-state index contributed by atoms with van der Waals surface area (Å²) >= 11 is 0. The van der Waals surface area contributed by atoms with E-state index in [1.807, 2.05) is 6.92 Å². The summed E-state index contributed by atoms with van der Waals surface area (Å²) in [6.45, 7) is 4.32. The van der Waals surface area contributed by atoms with Gasteiger partial charge in [-0.15, -0.1) is 0 Å². The second-order valence-corrected chi connectivity index (χ2v) is 7.26. The van der Waals surface area contributed by atoms with Gasteiger partial charge in [-0.1, -0.05) is 26.2 Å². The number of carbonyl (C=O) groups excluding carboxylic acids is 2. The predicted octanol–water partition coefficient (Wildman–Crippen LogP) is 2.69. The highest BCUT2D eigenvalue weighted by atomic mass is 16.5. The fraction of sp³-hybridized carbons (Fsp3) is 0.571. The Labute approximate surface area is 167 Å². The van der Waals surface area contributed by atoms with E-state index in [-0.39, 0.29) is 18.4 Å². The quantitative estimate of drug-likeness (QED) is 0.716. The Balaban J connectivity index is 1.93. The number of ether oxygens (including phenoxy) is 1. The van der Waals surface area contributed by atoms with Gasteiger partial charge in [-0.05, 0) is 50.6 Å². The van der Waals surface area contributed by atoms with E-state index >= 15 is 0 Å².